The topological polar surface area (TPSA) is 9.86 Å². The third-order valence-electron chi connectivity index (χ3n) is 10.3. The van der Waals surface area contributed by atoms with E-state index in [1.165, 1.54) is 82.5 Å². The van der Waals surface area contributed by atoms with Gasteiger partial charge in [0.25, 0.3) is 0 Å². The highest BCUT2D eigenvalue weighted by atomic mass is 15.0. The van der Waals surface area contributed by atoms with Crippen molar-refractivity contribution in [1.82, 2.24) is 9.13 Å². The van der Waals surface area contributed by atoms with Gasteiger partial charge in [0.2, 0.25) is 6.71 Å². The maximum absolute atomic E-state index is 2.55. The molecule has 0 saturated heterocycles. The Hall–Kier alpha value is -5.80. The van der Waals surface area contributed by atoms with Gasteiger partial charge in [0.15, 0.2) is 0 Å². The molecule has 0 N–H and O–H groups in total. The molecule has 10 rings (SSSR count). The lowest BCUT2D eigenvalue weighted by Crippen LogP contribution is -2.51. The molecule has 0 saturated carbocycles. The summed E-state index contributed by atoms with van der Waals surface area (Å²) < 4.78 is 5.04. The van der Waals surface area contributed by atoms with Gasteiger partial charge in [0.05, 0.1) is 22.1 Å². The molecule has 47 heavy (non-hydrogen) atoms. The fraction of sp³-hybridized carbons (Fsp3) is 0.0455. The number of hydrogen-bond acceptors (Lipinski definition) is 0. The minimum absolute atomic E-state index is 0.164. The highest BCUT2D eigenvalue weighted by Gasteiger charge is 2.27. The Morgan fingerprint density at radius 3 is 1.66 bits per heavy atom. The molecule has 7 aromatic carbocycles. The monoisotopic (exact) mass is 598 g/mol. The van der Waals surface area contributed by atoms with Crippen LogP contribution < -0.4 is 16.4 Å². The van der Waals surface area contributed by atoms with Gasteiger partial charge in [-0.3, -0.25) is 0 Å². The first-order valence-corrected chi connectivity index (χ1v) is 16.6. The van der Waals surface area contributed by atoms with E-state index >= 15 is 0 Å². The van der Waals surface area contributed by atoms with Crippen molar-refractivity contribution in [2.75, 3.05) is 0 Å². The highest BCUT2D eigenvalue weighted by Crippen LogP contribution is 2.46. The normalized spacial score (nSPS) is 12.5. The van der Waals surface area contributed by atoms with Crippen LogP contribution in [0.25, 0.3) is 55.0 Å². The second-order valence-corrected chi connectivity index (χ2v) is 12.8. The Kier molecular flexibility index (Phi) is 5.83. The van der Waals surface area contributed by atoms with Gasteiger partial charge in [-0.25, -0.2) is 0 Å². The fourth-order valence-corrected chi connectivity index (χ4v) is 8.31. The van der Waals surface area contributed by atoms with Crippen LogP contribution in [0, 0.1) is 0 Å². The molecule has 2 aromatic heterocycles. The van der Waals surface area contributed by atoms with Crippen LogP contribution in [0.15, 0.2) is 164 Å². The van der Waals surface area contributed by atoms with E-state index in [4.69, 9.17) is 0 Å². The van der Waals surface area contributed by atoms with E-state index in [-0.39, 0.29) is 6.71 Å². The van der Waals surface area contributed by atoms with Crippen LogP contribution in [0.2, 0.25) is 0 Å². The summed E-state index contributed by atoms with van der Waals surface area (Å²) in [4.78, 5) is 0. The minimum atomic E-state index is 0.164. The molecule has 0 atom stereocenters. The van der Waals surface area contributed by atoms with Gasteiger partial charge in [0.1, 0.15) is 0 Å². The molecule has 0 fully saturated rings. The summed E-state index contributed by atoms with van der Waals surface area (Å²) in [5, 5.41) is 5.44. The van der Waals surface area contributed by atoms with Crippen molar-refractivity contribution in [3.8, 4) is 11.4 Å². The summed E-state index contributed by atoms with van der Waals surface area (Å²) in [5.41, 5.74) is 14.3. The maximum atomic E-state index is 2.55. The zero-order valence-electron chi connectivity index (χ0n) is 26.0. The fourth-order valence-electron chi connectivity index (χ4n) is 8.31. The van der Waals surface area contributed by atoms with Crippen molar-refractivity contribution in [2.45, 2.75) is 12.8 Å². The molecule has 3 heteroatoms. The number of nitrogens with zero attached hydrogens (tertiary/aromatic N) is 2. The van der Waals surface area contributed by atoms with Gasteiger partial charge in [-0.15, -0.1) is 0 Å². The number of hydrogen-bond donors (Lipinski definition) is 0. The van der Waals surface area contributed by atoms with Crippen molar-refractivity contribution in [1.29, 1.82) is 0 Å². The van der Waals surface area contributed by atoms with Gasteiger partial charge in [-0.2, -0.15) is 0 Å². The number of aryl methyl sites for hydroxylation is 2. The third kappa shape index (κ3) is 3.93. The van der Waals surface area contributed by atoms with Crippen LogP contribution in [0.5, 0.6) is 0 Å². The molecular weight excluding hydrogens is 567 g/mol. The minimum Gasteiger partial charge on any atom is -0.307 e. The van der Waals surface area contributed by atoms with E-state index in [2.05, 4.69) is 173 Å². The van der Waals surface area contributed by atoms with Crippen molar-refractivity contribution < 1.29 is 0 Å². The molecule has 1 aliphatic carbocycles. The SMILES string of the molecule is c1ccc(B(c2ccccc2)c2ccc(-n3c4cccc5c4c4c(cc6c7ccccc7n(-c7ccccc7)c6c43)CC5)cc2)cc1. The summed E-state index contributed by atoms with van der Waals surface area (Å²) in [6.45, 7) is 0.164. The predicted molar refractivity (Wildman–Crippen MR) is 200 cm³/mol. The van der Waals surface area contributed by atoms with E-state index in [0.717, 1.165) is 12.8 Å². The van der Waals surface area contributed by atoms with E-state index in [1.54, 1.807) is 0 Å². The van der Waals surface area contributed by atoms with Crippen molar-refractivity contribution in [2.24, 2.45) is 0 Å². The number of aromatic nitrogens is 2. The Balaban J connectivity index is 1.29. The molecule has 2 heterocycles. The average molecular weight is 599 g/mol. The van der Waals surface area contributed by atoms with E-state index in [0.29, 0.717) is 0 Å². The summed E-state index contributed by atoms with van der Waals surface area (Å²) in [6, 6.07) is 60.3. The Bertz CT molecular complexity index is 2560. The second kappa shape index (κ2) is 10.4. The molecule has 0 bridgehead atoms. The standard InChI is InChI=1S/C44H31BN2/c1-4-14-32(15-5-1)45(33-16-6-2-7-17-33)34-25-27-36(28-26-34)47-40-22-12-13-30-23-24-31-29-38-37-20-10-11-21-39(37)46(35-18-8-3-9-19-35)43(38)44(47)42(31)41(30)40/h1-22,25-29H,23-24H2. The Morgan fingerprint density at radius 2 is 0.936 bits per heavy atom. The first-order chi connectivity index (χ1) is 23.3. The molecule has 220 valence electrons. The van der Waals surface area contributed by atoms with Crippen LogP contribution in [0.3, 0.4) is 0 Å². The van der Waals surface area contributed by atoms with Gasteiger partial charge in [0, 0.05) is 32.9 Å². The van der Waals surface area contributed by atoms with Crippen LogP contribution in [0.1, 0.15) is 11.1 Å². The van der Waals surface area contributed by atoms with Gasteiger partial charge in [-0.05, 0) is 66.4 Å². The third-order valence-corrected chi connectivity index (χ3v) is 10.3. The van der Waals surface area contributed by atoms with Crippen LogP contribution in [-0.4, -0.2) is 15.8 Å². The molecule has 0 radical (unpaired) electrons. The smallest absolute Gasteiger partial charge is 0.241 e. The van der Waals surface area contributed by atoms with Crippen LogP contribution in [-0.2, 0) is 12.8 Å². The zero-order chi connectivity index (χ0) is 30.9. The quantitative estimate of drug-likeness (QED) is 0.176. The zero-order valence-corrected chi connectivity index (χ0v) is 26.0. The molecular formula is C44H31BN2. The lowest BCUT2D eigenvalue weighted by molar-refractivity contribution is 0.971. The summed E-state index contributed by atoms with van der Waals surface area (Å²) >= 11 is 0. The number of para-hydroxylation sites is 2. The van der Waals surface area contributed by atoms with E-state index in [9.17, 15) is 0 Å². The summed E-state index contributed by atoms with van der Waals surface area (Å²) in [6.07, 6.45) is 2.13. The molecule has 0 unspecified atom stereocenters. The van der Waals surface area contributed by atoms with Crippen LogP contribution in [0.4, 0.5) is 0 Å². The molecule has 0 spiro atoms. The second-order valence-electron chi connectivity index (χ2n) is 12.8. The van der Waals surface area contributed by atoms with Gasteiger partial charge < -0.3 is 9.13 Å². The number of benzene rings is 7. The van der Waals surface area contributed by atoms with Crippen molar-refractivity contribution in [3.05, 3.63) is 175 Å². The van der Waals surface area contributed by atoms with E-state index in [1.807, 2.05) is 0 Å². The van der Waals surface area contributed by atoms with Gasteiger partial charge >= 0.3 is 0 Å². The number of fused-ring (bicyclic) bond motifs is 4. The van der Waals surface area contributed by atoms with Crippen LogP contribution >= 0.6 is 0 Å². The average Bonchev–Trinajstić information content (AvgIpc) is 3.66. The maximum Gasteiger partial charge on any atom is 0.241 e. The highest BCUT2D eigenvalue weighted by molar-refractivity contribution is 6.95. The molecule has 0 amide bonds. The molecule has 0 aliphatic heterocycles. The number of rotatable bonds is 5. The largest absolute Gasteiger partial charge is 0.307 e. The molecule has 9 aromatic rings. The Labute approximate surface area is 274 Å². The lowest BCUT2D eigenvalue weighted by atomic mass is 9.37. The predicted octanol–water partition coefficient (Wildman–Crippen LogP) is 8.50. The molecule has 1 aliphatic rings. The van der Waals surface area contributed by atoms with Crippen molar-refractivity contribution in [3.63, 3.8) is 0 Å². The molecule has 2 nitrogen and oxygen atoms in total. The summed E-state index contributed by atoms with van der Waals surface area (Å²) in [7, 11) is 0. The van der Waals surface area contributed by atoms with E-state index < -0.39 is 0 Å². The summed E-state index contributed by atoms with van der Waals surface area (Å²) in [5.74, 6) is 0. The Morgan fingerprint density at radius 1 is 0.383 bits per heavy atom. The first kappa shape index (κ1) is 26.4. The van der Waals surface area contributed by atoms with Gasteiger partial charge in [-0.1, -0.05) is 138 Å². The lowest BCUT2D eigenvalue weighted by Gasteiger charge is -2.17. The first-order valence-electron chi connectivity index (χ1n) is 16.6. The van der Waals surface area contributed by atoms with Crippen molar-refractivity contribution >= 4 is 66.7 Å².